The molecule has 4 rings (SSSR count). The molecule has 0 spiro atoms. The van der Waals surface area contributed by atoms with Crippen molar-refractivity contribution in [2.24, 2.45) is 0 Å². The fourth-order valence-corrected chi connectivity index (χ4v) is 3.43. The van der Waals surface area contributed by atoms with Crippen LogP contribution in [0.2, 0.25) is 0 Å². The summed E-state index contributed by atoms with van der Waals surface area (Å²) in [6.07, 6.45) is 1.25. The first-order valence-corrected chi connectivity index (χ1v) is 9.21. The highest BCUT2D eigenvalue weighted by Crippen LogP contribution is 2.32. The predicted octanol–water partition coefficient (Wildman–Crippen LogP) is 2.33. The molecule has 0 saturated carbocycles. The molecule has 27 heavy (non-hydrogen) atoms. The lowest BCUT2D eigenvalue weighted by atomic mass is 10.1. The van der Waals surface area contributed by atoms with Crippen LogP contribution in [0, 0.1) is 0 Å². The quantitative estimate of drug-likeness (QED) is 0.833. The number of hydrogen-bond donors (Lipinski definition) is 0. The van der Waals surface area contributed by atoms with Crippen molar-refractivity contribution in [1.82, 2.24) is 9.80 Å². The van der Waals surface area contributed by atoms with E-state index in [4.69, 9.17) is 9.47 Å². The van der Waals surface area contributed by atoms with E-state index < -0.39 is 0 Å². The summed E-state index contributed by atoms with van der Waals surface area (Å²) >= 11 is 0. The van der Waals surface area contributed by atoms with Crippen LogP contribution >= 0.6 is 0 Å². The van der Waals surface area contributed by atoms with E-state index >= 15 is 0 Å². The van der Waals surface area contributed by atoms with Crippen LogP contribution in [0.5, 0.6) is 11.5 Å². The van der Waals surface area contributed by atoms with Crippen molar-refractivity contribution >= 4 is 11.8 Å². The summed E-state index contributed by atoms with van der Waals surface area (Å²) in [6, 6.07) is 15.3. The summed E-state index contributed by atoms with van der Waals surface area (Å²) in [6.45, 7) is 2.43. The summed E-state index contributed by atoms with van der Waals surface area (Å²) in [5, 5.41) is 0. The minimum atomic E-state index is -0.0373. The third-order valence-corrected chi connectivity index (χ3v) is 5.01. The molecule has 1 saturated heterocycles. The van der Waals surface area contributed by atoms with Gasteiger partial charge in [0.25, 0.3) is 5.91 Å². The Labute approximate surface area is 158 Å². The number of piperazine rings is 1. The van der Waals surface area contributed by atoms with Crippen molar-refractivity contribution in [3.05, 3.63) is 59.7 Å². The van der Waals surface area contributed by atoms with E-state index in [9.17, 15) is 9.59 Å². The SMILES string of the molecule is O=C(CCc1ccccc1)N1CCN(C(=O)c2ccc3c(c2)OCO3)CC1. The highest BCUT2D eigenvalue weighted by Gasteiger charge is 2.26. The summed E-state index contributed by atoms with van der Waals surface area (Å²) in [5.41, 5.74) is 1.76. The molecule has 2 heterocycles. The lowest BCUT2D eigenvalue weighted by Crippen LogP contribution is -2.50. The normalized spacial score (nSPS) is 15.7. The third kappa shape index (κ3) is 3.89. The molecule has 0 N–H and O–H groups in total. The van der Waals surface area contributed by atoms with Crippen LogP contribution in [0.15, 0.2) is 48.5 Å². The van der Waals surface area contributed by atoms with Crippen LogP contribution in [-0.4, -0.2) is 54.6 Å². The van der Waals surface area contributed by atoms with Gasteiger partial charge in [-0.2, -0.15) is 0 Å². The highest BCUT2D eigenvalue weighted by atomic mass is 16.7. The van der Waals surface area contributed by atoms with Gasteiger partial charge in [0.05, 0.1) is 0 Å². The molecule has 6 heteroatoms. The maximum absolute atomic E-state index is 12.7. The Bertz CT molecular complexity index is 829. The van der Waals surface area contributed by atoms with Gasteiger partial charge in [-0.1, -0.05) is 30.3 Å². The Kier molecular flexibility index (Phi) is 4.96. The van der Waals surface area contributed by atoms with E-state index in [1.807, 2.05) is 35.2 Å². The van der Waals surface area contributed by atoms with Gasteiger partial charge in [0.2, 0.25) is 12.7 Å². The number of carbonyl (C=O) groups is 2. The minimum Gasteiger partial charge on any atom is -0.454 e. The molecule has 2 aromatic rings. The first kappa shape index (κ1) is 17.4. The van der Waals surface area contributed by atoms with E-state index in [2.05, 4.69) is 0 Å². The molecule has 0 atom stereocenters. The fraction of sp³-hybridized carbons (Fsp3) is 0.333. The number of hydrogen-bond acceptors (Lipinski definition) is 4. The topological polar surface area (TPSA) is 59.1 Å². The van der Waals surface area contributed by atoms with Gasteiger partial charge >= 0.3 is 0 Å². The van der Waals surface area contributed by atoms with Gasteiger partial charge in [-0.3, -0.25) is 9.59 Å². The van der Waals surface area contributed by atoms with Gasteiger partial charge in [0.15, 0.2) is 11.5 Å². The van der Waals surface area contributed by atoms with Gasteiger partial charge in [-0.15, -0.1) is 0 Å². The monoisotopic (exact) mass is 366 g/mol. The van der Waals surface area contributed by atoms with Crippen molar-refractivity contribution in [2.75, 3.05) is 33.0 Å². The highest BCUT2D eigenvalue weighted by molar-refractivity contribution is 5.95. The van der Waals surface area contributed by atoms with Crippen LogP contribution in [0.3, 0.4) is 0 Å². The zero-order valence-corrected chi connectivity index (χ0v) is 15.1. The number of rotatable bonds is 4. The maximum Gasteiger partial charge on any atom is 0.254 e. The fourth-order valence-electron chi connectivity index (χ4n) is 3.43. The van der Waals surface area contributed by atoms with Crippen LogP contribution in [-0.2, 0) is 11.2 Å². The molecule has 140 valence electrons. The number of aryl methyl sites for hydroxylation is 1. The number of carbonyl (C=O) groups excluding carboxylic acids is 2. The Morgan fingerprint density at radius 1 is 0.852 bits per heavy atom. The maximum atomic E-state index is 12.7. The largest absolute Gasteiger partial charge is 0.454 e. The van der Waals surface area contributed by atoms with Gasteiger partial charge in [-0.25, -0.2) is 0 Å². The van der Waals surface area contributed by atoms with Crippen molar-refractivity contribution < 1.29 is 19.1 Å². The first-order valence-electron chi connectivity index (χ1n) is 9.21. The van der Waals surface area contributed by atoms with E-state index in [1.165, 1.54) is 5.56 Å². The lowest BCUT2D eigenvalue weighted by molar-refractivity contribution is -0.132. The second-order valence-corrected chi connectivity index (χ2v) is 6.73. The van der Waals surface area contributed by atoms with Gasteiger partial charge in [-0.05, 0) is 30.2 Å². The van der Waals surface area contributed by atoms with E-state index in [-0.39, 0.29) is 18.6 Å². The number of fused-ring (bicyclic) bond motifs is 1. The number of amides is 2. The molecule has 1 fully saturated rings. The zero-order valence-electron chi connectivity index (χ0n) is 15.1. The lowest BCUT2D eigenvalue weighted by Gasteiger charge is -2.35. The molecule has 6 nitrogen and oxygen atoms in total. The van der Waals surface area contributed by atoms with Crippen LogP contribution in [0.4, 0.5) is 0 Å². The molecule has 0 radical (unpaired) electrons. The zero-order chi connectivity index (χ0) is 18.6. The van der Waals surface area contributed by atoms with E-state index in [0.29, 0.717) is 49.7 Å². The molecule has 0 unspecified atom stereocenters. The summed E-state index contributed by atoms with van der Waals surface area (Å²) < 4.78 is 10.6. The Morgan fingerprint density at radius 2 is 1.56 bits per heavy atom. The van der Waals surface area contributed by atoms with Crippen molar-refractivity contribution in [1.29, 1.82) is 0 Å². The standard InChI is InChI=1S/C21H22N2O4/c24-20(9-6-16-4-2-1-3-5-16)22-10-12-23(13-11-22)21(25)17-7-8-18-19(14-17)27-15-26-18/h1-5,7-8,14H,6,9-13,15H2. The third-order valence-electron chi connectivity index (χ3n) is 5.01. The van der Waals surface area contributed by atoms with Gasteiger partial charge in [0, 0.05) is 38.2 Å². The number of nitrogens with zero attached hydrogens (tertiary/aromatic N) is 2. The second-order valence-electron chi connectivity index (χ2n) is 6.73. The van der Waals surface area contributed by atoms with Crippen LogP contribution in [0.1, 0.15) is 22.3 Å². The van der Waals surface area contributed by atoms with Crippen molar-refractivity contribution in [2.45, 2.75) is 12.8 Å². The predicted molar refractivity (Wildman–Crippen MR) is 99.8 cm³/mol. The summed E-state index contributed by atoms with van der Waals surface area (Å²) in [5.74, 6) is 1.38. The summed E-state index contributed by atoms with van der Waals surface area (Å²) in [4.78, 5) is 28.8. The van der Waals surface area contributed by atoms with Gasteiger partial charge < -0.3 is 19.3 Å². The summed E-state index contributed by atoms with van der Waals surface area (Å²) in [7, 11) is 0. The Hall–Kier alpha value is -3.02. The molecule has 2 aliphatic heterocycles. The van der Waals surface area contributed by atoms with Gasteiger partial charge in [0.1, 0.15) is 0 Å². The Balaban J connectivity index is 1.29. The molecule has 0 aliphatic carbocycles. The molecule has 0 bridgehead atoms. The minimum absolute atomic E-state index is 0.0373. The average Bonchev–Trinajstić information content (AvgIpc) is 3.20. The Morgan fingerprint density at radius 3 is 2.33 bits per heavy atom. The number of benzene rings is 2. The molecule has 2 aliphatic rings. The molecule has 0 aromatic heterocycles. The van der Waals surface area contributed by atoms with Crippen LogP contribution < -0.4 is 9.47 Å². The van der Waals surface area contributed by atoms with Crippen LogP contribution in [0.25, 0.3) is 0 Å². The molecule has 2 aromatic carbocycles. The molecule has 2 amide bonds. The molecular weight excluding hydrogens is 344 g/mol. The van der Waals surface area contributed by atoms with Crippen molar-refractivity contribution in [3.8, 4) is 11.5 Å². The number of ether oxygens (including phenoxy) is 2. The van der Waals surface area contributed by atoms with E-state index in [0.717, 1.165) is 6.42 Å². The smallest absolute Gasteiger partial charge is 0.254 e. The van der Waals surface area contributed by atoms with Crippen molar-refractivity contribution in [3.63, 3.8) is 0 Å². The first-order chi connectivity index (χ1) is 13.2. The second kappa shape index (κ2) is 7.70. The molecular formula is C21H22N2O4. The average molecular weight is 366 g/mol. The van der Waals surface area contributed by atoms with E-state index in [1.54, 1.807) is 23.1 Å².